The Balaban J connectivity index is 1.99. The Morgan fingerprint density at radius 3 is 2.48 bits per heavy atom. The van der Waals surface area contributed by atoms with Gasteiger partial charge in [0.25, 0.3) is 0 Å². The molecule has 0 radical (unpaired) electrons. The number of benzene rings is 1. The van der Waals surface area contributed by atoms with E-state index in [2.05, 4.69) is 34.6 Å². The maximum absolute atomic E-state index is 12.0. The molecular formula is C19H31N3O3. The van der Waals surface area contributed by atoms with Crippen molar-refractivity contribution in [1.29, 1.82) is 0 Å². The molecule has 1 saturated heterocycles. The van der Waals surface area contributed by atoms with E-state index in [1.807, 2.05) is 12.1 Å². The van der Waals surface area contributed by atoms with E-state index in [4.69, 9.17) is 9.47 Å². The van der Waals surface area contributed by atoms with E-state index in [1.54, 1.807) is 14.2 Å². The second-order valence-electron chi connectivity index (χ2n) is 6.64. The van der Waals surface area contributed by atoms with Crippen molar-refractivity contribution in [2.45, 2.75) is 25.8 Å². The van der Waals surface area contributed by atoms with Gasteiger partial charge in [0.05, 0.1) is 19.8 Å². The quantitative estimate of drug-likeness (QED) is 0.708. The Morgan fingerprint density at radius 2 is 1.88 bits per heavy atom. The summed E-state index contributed by atoms with van der Waals surface area (Å²) in [4.78, 5) is 14.4. The van der Waals surface area contributed by atoms with Gasteiger partial charge in [-0.3, -0.25) is 4.90 Å². The molecule has 2 rings (SSSR count). The summed E-state index contributed by atoms with van der Waals surface area (Å²) in [5, 5.41) is 5.80. The largest absolute Gasteiger partial charge is 0.497 e. The van der Waals surface area contributed by atoms with Crippen molar-refractivity contribution in [2.75, 3.05) is 47.0 Å². The second kappa shape index (κ2) is 10.3. The minimum absolute atomic E-state index is 0.152. The molecule has 0 saturated carbocycles. The van der Waals surface area contributed by atoms with Crippen LogP contribution >= 0.6 is 0 Å². The van der Waals surface area contributed by atoms with Crippen molar-refractivity contribution < 1.29 is 14.3 Å². The molecule has 0 bridgehead atoms. The average Bonchev–Trinajstić information content (AvgIpc) is 2.64. The smallest absolute Gasteiger partial charge is 0.314 e. The fourth-order valence-electron chi connectivity index (χ4n) is 3.14. The minimum Gasteiger partial charge on any atom is -0.497 e. The van der Waals surface area contributed by atoms with E-state index >= 15 is 0 Å². The van der Waals surface area contributed by atoms with Crippen LogP contribution in [-0.2, 0) is 4.74 Å². The van der Waals surface area contributed by atoms with Crippen molar-refractivity contribution in [2.24, 2.45) is 5.92 Å². The number of methoxy groups -OCH3 is 2. The topological polar surface area (TPSA) is 62.8 Å². The lowest BCUT2D eigenvalue weighted by atomic mass is 9.95. The normalized spacial score (nSPS) is 17.1. The Hall–Kier alpha value is -1.79. The number of amides is 2. The monoisotopic (exact) mass is 349 g/mol. The van der Waals surface area contributed by atoms with Gasteiger partial charge in [-0.2, -0.15) is 0 Å². The first-order valence-corrected chi connectivity index (χ1v) is 9.02. The number of nitrogens with zero attached hydrogens (tertiary/aromatic N) is 1. The summed E-state index contributed by atoms with van der Waals surface area (Å²) in [6.07, 6.45) is 2.40. The number of nitrogens with one attached hydrogen (secondary N) is 2. The van der Waals surface area contributed by atoms with Gasteiger partial charge in [0, 0.05) is 20.2 Å². The Labute approximate surface area is 150 Å². The Morgan fingerprint density at radius 1 is 1.20 bits per heavy atom. The lowest BCUT2D eigenvalue weighted by molar-refractivity contribution is 0.136. The van der Waals surface area contributed by atoms with Gasteiger partial charge in [0.1, 0.15) is 5.75 Å². The summed E-state index contributed by atoms with van der Waals surface area (Å²) in [6.45, 7) is 6.03. The number of rotatable bonds is 8. The third-order valence-corrected chi connectivity index (χ3v) is 4.81. The van der Waals surface area contributed by atoms with E-state index in [1.165, 1.54) is 18.4 Å². The molecule has 140 valence electrons. The Bertz CT molecular complexity index is 513. The van der Waals surface area contributed by atoms with Crippen LogP contribution in [-0.4, -0.2) is 57.9 Å². The van der Waals surface area contributed by atoms with Crippen molar-refractivity contribution in [3.63, 3.8) is 0 Å². The first kappa shape index (κ1) is 19.5. The number of piperidine rings is 1. The van der Waals surface area contributed by atoms with Crippen LogP contribution in [0.3, 0.4) is 0 Å². The van der Waals surface area contributed by atoms with Crippen molar-refractivity contribution in [3.8, 4) is 5.75 Å². The minimum atomic E-state index is -0.152. The van der Waals surface area contributed by atoms with Crippen molar-refractivity contribution in [3.05, 3.63) is 29.8 Å². The molecule has 2 amide bonds. The maximum atomic E-state index is 12.0. The third kappa shape index (κ3) is 6.21. The van der Waals surface area contributed by atoms with Gasteiger partial charge >= 0.3 is 6.03 Å². The second-order valence-corrected chi connectivity index (χ2v) is 6.64. The molecule has 6 heteroatoms. The van der Waals surface area contributed by atoms with Gasteiger partial charge in [-0.05, 0) is 49.5 Å². The summed E-state index contributed by atoms with van der Waals surface area (Å²) >= 11 is 0. The van der Waals surface area contributed by atoms with E-state index in [-0.39, 0.29) is 12.1 Å². The molecular weight excluding hydrogens is 318 g/mol. The van der Waals surface area contributed by atoms with E-state index < -0.39 is 0 Å². The molecule has 1 fully saturated rings. The first-order valence-electron chi connectivity index (χ1n) is 9.02. The highest BCUT2D eigenvalue weighted by molar-refractivity contribution is 5.73. The lowest BCUT2D eigenvalue weighted by Crippen LogP contribution is -2.44. The molecule has 6 nitrogen and oxygen atoms in total. The third-order valence-electron chi connectivity index (χ3n) is 4.81. The fourth-order valence-corrected chi connectivity index (χ4v) is 3.14. The summed E-state index contributed by atoms with van der Waals surface area (Å²) in [7, 11) is 3.29. The van der Waals surface area contributed by atoms with Crippen molar-refractivity contribution in [1.82, 2.24) is 15.5 Å². The molecule has 1 aromatic rings. The molecule has 25 heavy (non-hydrogen) atoms. The van der Waals surface area contributed by atoms with Gasteiger partial charge < -0.3 is 20.1 Å². The van der Waals surface area contributed by atoms with Crippen LogP contribution in [0.5, 0.6) is 5.75 Å². The predicted octanol–water partition coefficient (Wildman–Crippen LogP) is 2.41. The predicted molar refractivity (Wildman–Crippen MR) is 99.0 cm³/mol. The number of hydrogen-bond acceptors (Lipinski definition) is 4. The van der Waals surface area contributed by atoms with Crippen LogP contribution in [0.25, 0.3) is 0 Å². The molecule has 1 unspecified atom stereocenters. The van der Waals surface area contributed by atoms with Gasteiger partial charge in [-0.15, -0.1) is 0 Å². The maximum Gasteiger partial charge on any atom is 0.314 e. The molecule has 1 atom stereocenters. The average molecular weight is 349 g/mol. The number of carbonyl (C=O) groups excluding carboxylic acids is 1. The van der Waals surface area contributed by atoms with Gasteiger partial charge in [-0.25, -0.2) is 4.79 Å². The van der Waals surface area contributed by atoms with E-state index in [0.29, 0.717) is 19.7 Å². The van der Waals surface area contributed by atoms with Gasteiger partial charge in [0.15, 0.2) is 0 Å². The van der Waals surface area contributed by atoms with E-state index in [9.17, 15) is 4.79 Å². The number of hydrogen-bond donors (Lipinski definition) is 2. The fraction of sp³-hybridized carbons (Fsp3) is 0.632. The van der Waals surface area contributed by atoms with E-state index in [0.717, 1.165) is 24.8 Å². The van der Waals surface area contributed by atoms with Crippen molar-refractivity contribution >= 4 is 6.03 Å². The summed E-state index contributed by atoms with van der Waals surface area (Å²) in [5.41, 5.74) is 1.20. The van der Waals surface area contributed by atoms with Crippen LogP contribution in [0.2, 0.25) is 0 Å². The zero-order valence-electron chi connectivity index (χ0n) is 15.6. The SMILES string of the molecule is COCCNC(=O)NCC(c1ccc(OC)cc1)N1CCC(C)CC1. The number of urea groups is 1. The number of likely N-dealkylation sites (tertiary alicyclic amines) is 1. The lowest BCUT2D eigenvalue weighted by Gasteiger charge is -2.37. The van der Waals surface area contributed by atoms with Crippen LogP contribution in [0.4, 0.5) is 4.79 Å². The number of carbonyl (C=O) groups is 1. The molecule has 1 aliphatic heterocycles. The Kier molecular flexibility index (Phi) is 8.01. The molecule has 0 aliphatic carbocycles. The van der Waals surface area contributed by atoms with Gasteiger partial charge in [-0.1, -0.05) is 19.1 Å². The molecule has 1 aromatic carbocycles. The van der Waals surface area contributed by atoms with Crippen LogP contribution in [0.15, 0.2) is 24.3 Å². The van der Waals surface area contributed by atoms with Crippen LogP contribution in [0, 0.1) is 5.92 Å². The van der Waals surface area contributed by atoms with Crippen LogP contribution in [0.1, 0.15) is 31.4 Å². The first-order chi connectivity index (χ1) is 12.1. The standard InChI is InChI=1S/C19H31N3O3/c1-15-8-11-22(12-9-15)18(14-21-19(23)20-10-13-24-2)16-4-6-17(25-3)7-5-16/h4-7,15,18H,8-14H2,1-3H3,(H2,20,21,23). The summed E-state index contributed by atoms with van der Waals surface area (Å²) in [5.74, 6) is 1.62. The highest BCUT2D eigenvalue weighted by Gasteiger charge is 2.25. The summed E-state index contributed by atoms with van der Waals surface area (Å²) < 4.78 is 10.2. The van der Waals surface area contributed by atoms with Crippen LogP contribution < -0.4 is 15.4 Å². The molecule has 0 spiro atoms. The molecule has 2 N–H and O–H groups in total. The molecule has 0 aromatic heterocycles. The zero-order chi connectivity index (χ0) is 18.1. The molecule has 1 aliphatic rings. The highest BCUT2D eigenvalue weighted by Crippen LogP contribution is 2.27. The highest BCUT2D eigenvalue weighted by atomic mass is 16.5. The van der Waals surface area contributed by atoms with Gasteiger partial charge in [0.2, 0.25) is 0 Å². The summed E-state index contributed by atoms with van der Waals surface area (Å²) in [6, 6.07) is 8.16. The zero-order valence-corrected chi connectivity index (χ0v) is 15.6. The number of ether oxygens (including phenoxy) is 2. The molecule has 1 heterocycles.